The molecule has 1 unspecified atom stereocenters. The number of urea groups is 1. The van der Waals surface area contributed by atoms with Gasteiger partial charge in [-0.3, -0.25) is 0 Å². The summed E-state index contributed by atoms with van der Waals surface area (Å²) in [5.74, 6) is -0.893. The average Bonchev–Trinajstić information content (AvgIpc) is 3.33. The fourth-order valence-corrected chi connectivity index (χ4v) is 3.35. The molecule has 1 saturated heterocycles. The van der Waals surface area contributed by atoms with Crippen LogP contribution >= 0.6 is 11.6 Å². The number of anilines is 1. The number of benzene rings is 2. The zero-order valence-corrected chi connectivity index (χ0v) is 15.3. The molecule has 4 rings (SSSR count). The van der Waals surface area contributed by atoms with Crippen molar-refractivity contribution < 1.29 is 18.1 Å². The van der Waals surface area contributed by atoms with Crippen LogP contribution in [-0.2, 0) is 0 Å². The van der Waals surface area contributed by atoms with E-state index in [-0.39, 0.29) is 5.69 Å². The highest BCUT2D eigenvalue weighted by Crippen LogP contribution is 2.33. The smallest absolute Gasteiger partial charge is 0.322 e. The molecule has 1 aromatic heterocycles. The number of halogens is 3. The van der Waals surface area contributed by atoms with Crippen molar-refractivity contribution in [1.82, 2.24) is 15.0 Å². The molecule has 2 heterocycles. The van der Waals surface area contributed by atoms with Crippen LogP contribution in [0.5, 0.6) is 0 Å². The molecular formula is C19H15ClF2N4O2. The highest BCUT2D eigenvalue weighted by molar-refractivity contribution is 6.30. The Morgan fingerprint density at radius 1 is 1.25 bits per heavy atom. The summed E-state index contributed by atoms with van der Waals surface area (Å²) in [5, 5.41) is 6.98. The zero-order chi connectivity index (χ0) is 19.7. The van der Waals surface area contributed by atoms with Crippen molar-refractivity contribution in [3.63, 3.8) is 0 Å². The summed E-state index contributed by atoms with van der Waals surface area (Å²) in [6, 6.07) is 9.06. The van der Waals surface area contributed by atoms with Gasteiger partial charge < -0.3 is 14.7 Å². The first-order chi connectivity index (χ1) is 13.5. The van der Waals surface area contributed by atoms with Crippen LogP contribution in [0.3, 0.4) is 0 Å². The molecule has 0 saturated carbocycles. The van der Waals surface area contributed by atoms with Crippen LogP contribution < -0.4 is 5.32 Å². The van der Waals surface area contributed by atoms with Crippen LogP contribution in [-0.4, -0.2) is 27.6 Å². The molecule has 1 atom stereocenters. The van der Waals surface area contributed by atoms with Crippen molar-refractivity contribution in [2.45, 2.75) is 18.9 Å². The molecule has 6 nitrogen and oxygen atoms in total. The van der Waals surface area contributed by atoms with E-state index in [1.807, 2.05) is 0 Å². The number of amides is 2. The van der Waals surface area contributed by atoms with Crippen molar-refractivity contribution in [1.29, 1.82) is 0 Å². The normalized spacial score (nSPS) is 16.4. The number of rotatable bonds is 3. The van der Waals surface area contributed by atoms with E-state index in [9.17, 15) is 13.6 Å². The standard InChI is InChI=1S/C19H15ClF2N4O2/c20-12-4-1-3-11(9-12)17-24-18(28-25-17)16-5-2-8-26(16)19(27)23-15-7-6-13(21)10-14(15)22/h1,3-4,6-7,9-10,16H,2,5,8H2,(H,23,27). The third kappa shape index (κ3) is 3.68. The number of hydrogen-bond acceptors (Lipinski definition) is 4. The van der Waals surface area contributed by atoms with Gasteiger partial charge in [-0.25, -0.2) is 13.6 Å². The third-order valence-electron chi connectivity index (χ3n) is 4.50. The van der Waals surface area contributed by atoms with E-state index in [0.29, 0.717) is 41.3 Å². The van der Waals surface area contributed by atoms with Crippen molar-refractivity contribution in [3.8, 4) is 11.4 Å². The van der Waals surface area contributed by atoms with Crippen LogP contribution in [0.4, 0.5) is 19.3 Å². The lowest BCUT2D eigenvalue weighted by molar-refractivity contribution is 0.193. The average molecular weight is 405 g/mol. The monoisotopic (exact) mass is 404 g/mol. The van der Waals surface area contributed by atoms with Crippen molar-refractivity contribution in [3.05, 3.63) is 65.0 Å². The molecule has 0 bridgehead atoms. The van der Waals surface area contributed by atoms with Gasteiger partial charge in [0, 0.05) is 23.2 Å². The molecule has 2 amide bonds. The van der Waals surface area contributed by atoms with Gasteiger partial charge in [-0.15, -0.1) is 0 Å². The minimum atomic E-state index is -0.842. The Labute approximate surface area is 164 Å². The van der Waals surface area contributed by atoms with Gasteiger partial charge in [-0.2, -0.15) is 4.98 Å². The van der Waals surface area contributed by atoms with E-state index in [2.05, 4.69) is 15.5 Å². The van der Waals surface area contributed by atoms with Crippen molar-refractivity contribution >= 4 is 23.3 Å². The number of nitrogens with one attached hydrogen (secondary N) is 1. The van der Waals surface area contributed by atoms with Gasteiger partial charge in [0.25, 0.3) is 0 Å². The minimum absolute atomic E-state index is 0.0952. The zero-order valence-electron chi connectivity index (χ0n) is 14.5. The SMILES string of the molecule is O=C(Nc1ccc(F)cc1F)N1CCCC1c1nc(-c2cccc(Cl)c2)no1. The van der Waals surface area contributed by atoms with Gasteiger partial charge in [-0.1, -0.05) is 28.9 Å². The Hall–Kier alpha value is -3.00. The van der Waals surface area contributed by atoms with Crippen molar-refractivity contribution in [2.75, 3.05) is 11.9 Å². The van der Waals surface area contributed by atoms with E-state index in [1.165, 1.54) is 11.0 Å². The van der Waals surface area contributed by atoms with Crippen molar-refractivity contribution in [2.24, 2.45) is 0 Å². The topological polar surface area (TPSA) is 71.3 Å². The number of carbonyl (C=O) groups excluding carboxylic acids is 1. The summed E-state index contributed by atoms with van der Waals surface area (Å²) in [5.41, 5.74) is 0.604. The molecule has 0 aliphatic carbocycles. The predicted molar refractivity (Wildman–Crippen MR) is 98.8 cm³/mol. The molecule has 1 aliphatic heterocycles. The molecular weight excluding hydrogens is 390 g/mol. The lowest BCUT2D eigenvalue weighted by Crippen LogP contribution is -2.34. The lowest BCUT2D eigenvalue weighted by Gasteiger charge is -2.22. The van der Waals surface area contributed by atoms with Crippen LogP contribution in [0.15, 0.2) is 47.0 Å². The predicted octanol–water partition coefficient (Wildman–Crippen LogP) is 5.04. The number of carbonyl (C=O) groups is 1. The Morgan fingerprint density at radius 2 is 2.11 bits per heavy atom. The van der Waals surface area contributed by atoms with Gasteiger partial charge in [-0.05, 0) is 37.1 Å². The number of aromatic nitrogens is 2. The van der Waals surface area contributed by atoms with Gasteiger partial charge in [0.2, 0.25) is 11.7 Å². The molecule has 1 fully saturated rings. The second-order valence-corrected chi connectivity index (χ2v) is 6.81. The molecule has 2 aromatic carbocycles. The van der Waals surface area contributed by atoms with Crippen LogP contribution in [0, 0.1) is 11.6 Å². The van der Waals surface area contributed by atoms with E-state index in [0.717, 1.165) is 12.5 Å². The number of nitrogens with zero attached hydrogens (tertiary/aromatic N) is 3. The van der Waals surface area contributed by atoms with Gasteiger partial charge in [0.05, 0.1) is 5.69 Å². The molecule has 1 aliphatic rings. The summed E-state index contributed by atoms with van der Waals surface area (Å²) in [6.07, 6.45) is 1.37. The minimum Gasteiger partial charge on any atom is -0.337 e. The maximum absolute atomic E-state index is 13.8. The Balaban J connectivity index is 1.53. The molecule has 0 spiro atoms. The first kappa shape index (κ1) is 18.4. The summed E-state index contributed by atoms with van der Waals surface area (Å²) in [6.45, 7) is 0.453. The maximum atomic E-state index is 13.8. The molecule has 3 aromatic rings. The highest BCUT2D eigenvalue weighted by atomic mass is 35.5. The number of likely N-dealkylation sites (tertiary alicyclic amines) is 1. The Morgan fingerprint density at radius 3 is 2.89 bits per heavy atom. The van der Waals surface area contributed by atoms with Crippen LogP contribution in [0.25, 0.3) is 11.4 Å². The Bertz CT molecular complexity index is 1030. The van der Waals surface area contributed by atoms with Gasteiger partial charge in [0.15, 0.2) is 0 Å². The second-order valence-electron chi connectivity index (χ2n) is 6.37. The largest absolute Gasteiger partial charge is 0.337 e. The quantitative estimate of drug-likeness (QED) is 0.664. The van der Waals surface area contributed by atoms with Gasteiger partial charge >= 0.3 is 6.03 Å². The van der Waals surface area contributed by atoms with Crippen LogP contribution in [0.2, 0.25) is 5.02 Å². The fourth-order valence-electron chi connectivity index (χ4n) is 3.16. The first-order valence-corrected chi connectivity index (χ1v) is 9.01. The third-order valence-corrected chi connectivity index (χ3v) is 4.73. The second kappa shape index (κ2) is 7.55. The first-order valence-electron chi connectivity index (χ1n) is 8.63. The summed E-state index contributed by atoms with van der Waals surface area (Å²) in [4.78, 5) is 18.5. The summed E-state index contributed by atoms with van der Waals surface area (Å²) >= 11 is 5.99. The van der Waals surface area contributed by atoms with Gasteiger partial charge in [0.1, 0.15) is 17.7 Å². The van der Waals surface area contributed by atoms with E-state index < -0.39 is 23.7 Å². The maximum Gasteiger partial charge on any atom is 0.322 e. The highest BCUT2D eigenvalue weighted by Gasteiger charge is 2.34. The summed E-state index contributed by atoms with van der Waals surface area (Å²) in [7, 11) is 0. The number of hydrogen-bond donors (Lipinski definition) is 1. The molecule has 0 radical (unpaired) electrons. The van der Waals surface area contributed by atoms with E-state index in [1.54, 1.807) is 24.3 Å². The van der Waals surface area contributed by atoms with E-state index in [4.69, 9.17) is 16.1 Å². The Kier molecular flexibility index (Phi) is 4.95. The lowest BCUT2D eigenvalue weighted by atomic mass is 10.2. The molecule has 28 heavy (non-hydrogen) atoms. The van der Waals surface area contributed by atoms with Crippen LogP contribution in [0.1, 0.15) is 24.8 Å². The van der Waals surface area contributed by atoms with E-state index >= 15 is 0 Å². The molecule has 9 heteroatoms. The molecule has 144 valence electrons. The fraction of sp³-hybridized carbons (Fsp3) is 0.211. The summed E-state index contributed by atoms with van der Waals surface area (Å²) < 4.78 is 32.2. The molecule has 1 N–H and O–H groups in total.